The highest BCUT2D eigenvalue weighted by molar-refractivity contribution is 14.0. The SMILES string of the molecule is Cc1nnc(CN=C(NCC2CC2)NC2CCCCC2)n1C.I. The summed E-state index contributed by atoms with van der Waals surface area (Å²) in [6.45, 7) is 3.58. The molecule has 0 radical (unpaired) electrons. The fourth-order valence-electron chi connectivity index (χ4n) is 2.89. The van der Waals surface area contributed by atoms with Crippen LogP contribution in [0, 0.1) is 12.8 Å². The predicted octanol–water partition coefficient (Wildman–Crippen LogP) is 2.52. The van der Waals surface area contributed by atoms with Crippen LogP contribution in [-0.2, 0) is 13.6 Å². The largest absolute Gasteiger partial charge is 0.356 e. The van der Waals surface area contributed by atoms with E-state index in [0.29, 0.717) is 12.6 Å². The van der Waals surface area contributed by atoms with Crippen LogP contribution in [0.4, 0.5) is 0 Å². The number of aromatic nitrogens is 3. The van der Waals surface area contributed by atoms with E-state index >= 15 is 0 Å². The predicted molar refractivity (Wildman–Crippen MR) is 103 cm³/mol. The first-order valence-corrected chi connectivity index (χ1v) is 8.62. The molecule has 2 saturated carbocycles. The molecule has 1 aromatic rings. The summed E-state index contributed by atoms with van der Waals surface area (Å²) in [6.07, 6.45) is 9.25. The Hall–Kier alpha value is -0.860. The van der Waals surface area contributed by atoms with Crippen LogP contribution in [-0.4, -0.2) is 33.3 Å². The summed E-state index contributed by atoms with van der Waals surface area (Å²) in [7, 11) is 1.99. The Labute approximate surface area is 155 Å². The number of hydrogen-bond acceptors (Lipinski definition) is 3. The lowest BCUT2D eigenvalue weighted by Gasteiger charge is -2.25. The van der Waals surface area contributed by atoms with Gasteiger partial charge >= 0.3 is 0 Å². The lowest BCUT2D eigenvalue weighted by molar-refractivity contribution is 0.409. The van der Waals surface area contributed by atoms with Crippen LogP contribution in [0.25, 0.3) is 0 Å². The molecule has 0 amide bonds. The summed E-state index contributed by atoms with van der Waals surface area (Å²) in [4.78, 5) is 4.73. The van der Waals surface area contributed by atoms with E-state index in [4.69, 9.17) is 4.99 Å². The van der Waals surface area contributed by atoms with Crippen LogP contribution >= 0.6 is 24.0 Å². The minimum atomic E-state index is 0. The Balaban J connectivity index is 0.00000192. The van der Waals surface area contributed by atoms with Gasteiger partial charge in [0, 0.05) is 19.6 Å². The van der Waals surface area contributed by atoms with Crippen molar-refractivity contribution in [2.45, 2.75) is 64.5 Å². The number of rotatable bonds is 5. The maximum Gasteiger partial charge on any atom is 0.191 e. The van der Waals surface area contributed by atoms with Gasteiger partial charge in [-0.3, -0.25) is 0 Å². The minimum Gasteiger partial charge on any atom is -0.356 e. The monoisotopic (exact) mass is 432 g/mol. The molecule has 2 aliphatic rings. The van der Waals surface area contributed by atoms with Gasteiger partial charge in [-0.05, 0) is 38.5 Å². The minimum absolute atomic E-state index is 0. The van der Waals surface area contributed by atoms with Crippen molar-refractivity contribution in [1.82, 2.24) is 25.4 Å². The summed E-state index contributed by atoms with van der Waals surface area (Å²) in [5.41, 5.74) is 0. The molecule has 7 heteroatoms. The second kappa shape index (κ2) is 8.84. The first kappa shape index (κ1) is 18.5. The van der Waals surface area contributed by atoms with Crippen molar-refractivity contribution in [2.75, 3.05) is 6.54 Å². The van der Waals surface area contributed by atoms with Crippen LogP contribution in [0.2, 0.25) is 0 Å². The smallest absolute Gasteiger partial charge is 0.191 e. The van der Waals surface area contributed by atoms with E-state index in [-0.39, 0.29) is 24.0 Å². The number of hydrogen-bond donors (Lipinski definition) is 2. The van der Waals surface area contributed by atoms with Gasteiger partial charge in [0.2, 0.25) is 0 Å². The highest BCUT2D eigenvalue weighted by atomic mass is 127. The van der Waals surface area contributed by atoms with Crippen LogP contribution in [0.3, 0.4) is 0 Å². The third-order valence-corrected chi connectivity index (χ3v) is 4.76. The highest BCUT2D eigenvalue weighted by Crippen LogP contribution is 2.27. The molecule has 1 aromatic heterocycles. The zero-order valence-electron chi connectivity index (χ0n) is 14.2. The van der Waals surface area contributed by atoms with Gasteiger partial charge in [-0.15, -0.1) is 34.2 Å². The maximum atomic E-state index is 4.73. The number of guanidine groups is 1. The van der Waals surface area contributed by atoms with Crippen molar-refractivity contribution in [1.29, 1.82) is 0 Å². The van der Waals surface area contributed by atoms with Gasteiger partial charge in [0.1, 0.15) is 12.4 Å². The number of nitrogens with one attached hydrogen (secondary N) is 2. The van der Waals surface area contributed by atoms with Crippen molar-refractivity contribution in [2.24, 2.45) is 18.0 Å². The normalized spacial score (nSPS) is 19.3. The van der Waals surface area contributed by atoms with Gasteiger partial charge in [0.25, 0.3) is 0 Å². The number of halogens is 1. The fourth-order valence-corrected chi connectivity index (χ4v) is 2.89. The maximum absolute atomic E-state index is 4.73. The molecule has 0 saturated heterocycles. The van der Waals surface area contributed by atoms with E-state index in [1.54, 1.807) is 0 Å². The average molecular weight is 432 g/mol. The molecule has 0 spiro atoms. The van der Waals surface area contributed by atoms with E-state index in [9.17, 15) is 0 Å². The molecule has 0 atom stereocenters. The second-order valence-electron chi connectivity index (χ2n) is 6.69. The fraction of sp³-hybridized carbons (Fsp3) is 0.812. The van der Waals surface area contributed by atoms with Gasteiger partial charge in [-0.1, -0.05) is 19.3 Å². The number of nitrogens with zero attached hydrogens (tertiary/aromatic N) is 4. The van der Waals surface area contributed by atoms with Crippen LogP contribution in [0.5, 0.6) is 0 Å². The van der Waals surface area contributed by atoms with Crippen LogP contribution in [0.15, 0.2) is 4.99 Å². The molecule has 0 aliphatic heterocycles. The van der Waals surface area contributed by atoms with Gasteiger partial charge < -0.3 is 15.2 Å². The summed E-state index contributed by atoms with van der Waals surface area (Å²) >= 11 is 0. The lowest BCUT2D eigenvalue weighted by atomic mass is 9.96. The third-order valence-electron chi connectivity index (χ3n) is 4.76. The molecule has 2 N–H and O–H groups in total. The molecule has 6 nitrogen and oxygen atoms in total. The number of aliphatic imine (C=N–C) groups is 1. The van der Waals surface area contributed by atoms with Crippen LogP contribution in [0.1, 0.15) is 56.6 Å². The summed E-state index contributed by atoms with van der Waals surface area (Å²) in [5.74, 6) is 3.63. The van der Waals surface area contributed by atoms with Gasteiger partial charge in [-0.2, -0.15) is 0 Å². The number of aryl methyl sites for hydroxylation is 1. The van der Waals surface area contributed by atoms with Crippen molar-refractivity contribution in [3.8, 4) is 0 Å². The standard InChI is InChI=1S/C16H28N6.HI/c1-12-20-21-15(22(12)2)11-18-16(17-10-13-8-9-13)19-14-6-4-3-5-7-14;/h13-14H,3-11H2,1-2H3,(H2,17,18,19);1H. The lowest BCUT2D eigenvalue weighted by Crippen LogP contribution is -2.44. The Kier molecular flexibility index (Phi) is 7.10. The molecular weight excluding hydrogens is 403 g/mol. The van der Waals surface area contributed by atoms with Crippen molar-refractivity contribution >= 4 is 29.9 Å². The van der Waals surface area contributed by atoms with Crippen LogP contribution < -0.4 is 10.6 Å². The average Bonchev–Trinajstić information content (AvgIpc) is 3.31. The Bertz CT molecular complexity index is 517. The molecule has 23 heavy (non-hydrogen) atoms. The van der Waals surface area contributed by atoms with E-state index in [1.165, 1.54) is 44.9 Å². The molecule has 2 fully saturated rings. The highest BCUT2D eigenvalue weighted by Gasteiger charge is 2.22. The van der Waals surface area contributed by atoms with E-state index in [2.05, 4.69) is 20.8 Å². The zero-order chi connectivity index (χ0) is 15.4. The van der Waals surface area contributed by atoms with E-state index in [0.717, 1.165) is 30.1 Å². The molecule has 0 unspecified atom stereocenters. The third kappa shape index (κ3) is 5.61. The van der Waals surface area contributed by atoms with Crippen molar-refractivity contribution in [3.63, 3.8) is 0 Å². The van der Waals surface area contributed by atoms with Crippen molar-refractivity contribution < 1.29 is 0 Å². The Morgan fingerprint density at radius 3 is 2.52 bits per heavy atom. The summed E-state index contributed by atoms with van der Waals surface area (Å²) in [6, 6.07) is 0.570. The Morgan fingerprint density at radius 2 is 1.91 bits per heavy atom. The first-order chi connectivity index (χ1) is 10.7. The van der Waals surface area contributed by atoms with Gasteiger partial charge in [0.05, 0.1) is 0 Å². The summed E-state index contributed by atoms with van der Waals surface area (Å²) in [5, 5.41) is 15.4. The molecule has 130 valence electrons. The second-order valence-corrected chi connectivity index (χ2v) is 6.69. The summed E-state index contributed by atoms with van der Waals surface area (Å²) < 4.78 is 2.00. The zero-order valence-corrected chi connectivity index (χ0v) is 16.5. The molecule has 3 rings (SSSR count). The topological polar surface area (TPSA) is 67.1 Å². The van der Waals surface area contributed by atoms with E-state index < -0.39 is 0 Å². The molecule has 1 heterocycles. The first-order valence-electron chi connectivity index (χ1n) is 8.62. The molecule has 2 aliphatic carbocycles. The Morgan fingerprint density at radius 1 is 1.17 bits per heavy atom. The van der Waals surface area contributed by atoms with Gasteiger partial charge in [0.15, 0.2) is 11.8 Å². The quantitative estimate of drug-likeness (QED) is 0.427. The van der Waals surface area contributed by atoms with Gasteiger partial charge in [-0.25, -0.2) is 4.99 Å². The van der Waals surface area contributed by atoms with Crippen molar-refractivity contribution in [3.05, 3.63) is 11.6 Å². The van der Waals surface area contributed by atoms with E-state index in [1.807, 2.05) is 18.5 Å². The molecule has 0 bridgehead atoms. The molecular formula is C16H29IN6. The molecule has 0 aromatic carbocycles.